The van der Waals surface area contributed by atoms with E-state index in [1.54, 1.807) is 31.4 Å². The Morgan fingerprint density at radius 1 is 1.14 bits per heavy atom. The molecule has 21 heavy (non-hydrogen) atoms. The molecule has 5 heteroatoms. The number of aryl methyl sites for hydroxylation is 2. The van der Waals surface area contributed by atoms with Gasteiger partial charge in [-0.3, -0.25) is 4.79 Å². The molecule has 0 saturated heterocycles. The molecule has 1 aromatic carbocycles. The van der Waals surface area contributed by atoms with Crippen LogP contribution in [0.5, 0.6) is 5.75 Å². The van der Waals surface area contributed by atoms with E-state index in [2.05, 4.69) is 9.97 Å². The number of methoxy groups -OCH3 is 1. The van der Waals surface area contributed by atoms with Crippen molar-refractivity contribution in [1.29, 1.82) is 0 Å². The van der Waals surface area contributed by atoms with Crippen molar-refractivity contribution in [3.8, 4) is 5.75 Å². The standard InChI is InChI=1S/C16H18N2O2S/c1-10-9-11(2)18-16(17-10)21-12(3)15(19)13-5-7-14(20-4)8-6-13/h5-9,12H,1-4H3. The van der Waals surface area contributed by atoms with E-state index < -0.39 is 0 Å². The van der Waals surface area contributed by atoms with Gasteiger partial charge in [-0.15, -0.1) is 0 Å². The Kier molecular flexibility index (Phi) is 4.96. The van der Waals surface area contributed by atoms with E-state index in [0.29, 0.717) is 10.7 Å². The fourth-order valence-electron chi connectivity index (χ4n) is 1.95. The number of hydrogen-bond acceptors (Lipinski definition) is 5. The number of aromatic nitrogens is 2. The minimum Gasteiger partial charge on any atom is -0.497 e. The van der Waals surface area contributed by atoms with Crippen LogP contribution in [0.3, 0.4) is 0 Å². The normalized spacial score (nSPS) is 12.0. The van der Waals surface area contributed by atoms with Gasteiger partial charge in [0.1, 0.15) is 5.75 Å². The molecule has 0 aliphatic rings. The molecule has 0 bridgehead atoms. The van der Waals surface area contributed by atoms with Gasteiger partial charge in [-0.1, -0.05) is 11.8 Å². The summed E-state index contributed by atoms with van der Waals surface area (Å²) >= 11 is 1.38. The second kappa shape index (κ2) is 6.72. The van der Waals surface area contributed by atoms with Crippen molar-refractivity contribution in [2.45, 2.75) is 31.2 Å². The number of ether oxygens (including phenoxy) is 1. The number of nitrogens with zero attached hydrogens (tertiary/aromatic N) is 2. The zero-order valence-corrected chi connectivity index (χ0v) is 13.4. The molecule has 1 unspecified atom stereocenters. The van der Waals surface area contributed by atoms with Gasteiger partial charge in [0.05, 0.1) is 12.4 Å². The number of hydrogen-bond donors (Lipinski definition) is 0. The summed E-state index contributed by atoms with van der Waals surface area (Å²) in [5.74, 6) is 0.801. The van der Waals surface area contributed by atoms with E-state index >= 15 is 0 Å². The maximum atomic E-state index is 12.4. The van der Waals surface area contributed by atoms with Crippen molar-refractivity contribution < 1.29 is 9.53 Å². The molecule has 2 rings (SSSR count). The monoisotopic (exact) mass is 302 g/mol. The number of Topliss-reactive ketones (excluding diaryl/α,β-unsaturated/α-hetero) is 1. The highest BCUT2D eigenvalue weighted by molar-refractivity contribution is 8.00. The summed E-state index contributed by atoms with van der Waals surface area (Å²) in [7, 11) is 1.60. The largest absolute Gasteiger partial charge is 0.497 e. The van der Waals surface area contributed by atoms with E-state index in [1.807, 2.05) is 26.8 Å². The van der Waals surface area contributed by atoms with Gasteiger partial charge in [-0.25, -0.2) is 9.97 Å². The Balaban J connectivity index is 2.11. The van der Waals surface area contributed by atoms with Gasteiger partial charge in [0.2, 0.25) is 0 Å². The zero-order valence-electron chi connectivity index (χ0n) is 12.6. The summed E-state index contributed by atoms with van der Waals surface area (Å²) < 4.78 is 5.09. The van der Waals surface area contributed by atoms with Crippen LogP contribution in [0.25, 0.3) is 0 Å². The molecule has 110 valence electrons. The Morgan fingerprint density at radius 2 is 1.71 bits per heavy atom. The van der Waals surface area contributed by atoms with E-state index in [1.165, 1.54) is 11.8 Å². The fraction of sp³-hybridized carbons (Fsp3) is 0.312. The number of carbonyl (C=O) groups excluding carboxylic acids is 1. The van der Waals surface area contributed by atoms with E-state index in [-0.39, 0.29) is 11.0 Å². The lowest BCUT2D eigenvalue weighted by Crippen LogP contribution is -2.14. The first-order valence-electron chi connectivity index (χ1n) is 6.67. The van der Waals surface area contributed by atoms with Crippen molar-refractivity contribution in [2.75, 3.05) is 7.11 Å². The van der Waals surface area contributed by atoms with Gasteiger partial charge < -0.3 is 4.74 Å². The van der Waals surface area contributed by atoms with Crippen molar-refractivity contribution >= 4 is 17.5 Å². The quantitative estimate of drug-likeness (QED) is 0.481. The smallest absolute Gasteiger partial charge is 0.188 e. The van der Waals surface area contributed by atoms with E-state index in [9.17, 15) is 4.79 Å². The van der Waals surface area contributed by atoms with Gasteiger partial charge in [0.25, 0.3) is 0 Å². The van der Waals surface area contributed by atoms with Crippen LogP contribution in [0, 0.1) is 13.8 Å². The number of carbonyl (C=O) groups is 1. The van der Waals surface area contributed by atoms with Gasteiger partial charge in [-0.2, -0.15) is 0 Å². The van der Waals surface area contributed by atoms with Gasteiger partial charge in [0.15, 0.2) is 10.9 Å². The summed E-state index contributed by atoms with van der Waals surface area (Å²) in [5, 5.41) is 0.404. The average molecular weight is 302 g/mol. The van der Waals surface area contributed by atoms with Crippen LogP contribution < -0.4 is 4.74 Å². The summed E-state index contributed by atoms with van der Waals surface area (Å²) in [6, 6.07) is 9.05. The second-order valence-corrected chi connectivity index (χ2v) is 6.09. The minimum atomic E-state index is -0.236. The molecular formula is C16H18N2O2S. The highest BCUT2D eigenvalue weighted by Gasteiger charge is 2.18. The van der Waals surface area contributed by atoms with Crippen LogP contribution in [0.4, 0.5) is 0 Å². The summed E-state index contributed by atoms with van der Waals surface area (Å²) in [5.41, 5.74) is 2.49. The van der Waals surface area contributed by atoms with Crippen LogP contribution in [-0.4, -0.2) is 28.1 Å². The molecule has 1 heterocycles. The predicted molar refractivity (Wildman–Crippen MR) is 84.1 cm³/mol. The second-order valence-electron chi connectivity index (χ2n) is 4.79. The topological polar surface area (TPSA) is 52.1 Å². The third-order valence-corrected chi connectivity index (χ3v) is 3.95. The van der Waals surface area contributed by atoms with Crippen LogP contribution in [0.1, 0.15) is 28.7 Å². The SMILES string of the molecule is COc1ccc(C(=O)C(C)Sc2nc(C)cc(C)n2)cc1. The van der Waals surface area contributed by atoms with Crippen LogP contribution in [-0.2, 0) is 0 Å². The molecule has 0 saturated carbocycles. The molecule has 0 aliphatic carbocycles. The zero-order chi connectivity index (χ0) is 15.4. The lowest BCUT2D eigenvalue weighted by atomic mass is 10.1. The Morgan fingerprint density at radius 3 is 2.24 bits per heavy atom. The van der Waals surface area contributed by atoms with Crippen LogP contribution >= 0.6 is 11.8 Å². The maximum absolute atomic E-state index is 12.4. The van der Waals surface area contributed by atoms with Crippen molar-refractivity contribution in [3.63, 3.8) is 0 Å². The Bertz CT molecular complexity index is 621. The summed E-state index contributed by atoms with van der Waals surface area (Å²) in [4.78, 5) is 21.1. The summed E-state index contributed by atoms with van der Waals surface area (Å²) in [6.07, 6.45) is 0. The lowest BCUT2D eigenvalue weighted by Gasteiger charge is -2.10. The molecular weight excluding hydrogens is 284 g/mol. The highest BCUT2D eigenvalue weighted by atomic mass is 32.2. The number of benzene rings is 1. The van der Waals surface area contributed by atoms with Crippen LogP contribution in [0.15, 0.2) is 35.5 Å². The molecule has 0 N–H and O–H groups in total. The first kappa shape index (κ1) is 15.5. The number of ketones is 1. The molecule has 1 aromatic heterocycles. The molecule has 0 fully saturated rings. The highest BCUT2D eigenvalue weighted by Crippen LogP contribution is 2.24. The summed E-state index contributed by atoms with van der Waals surface area (Å²) in [6.45, 7) is 5.72. The molecule has 0 amide bonds. The third-order valence-electron chi connectivity index (χ3n) is 2.99. The maximum Gasteiger partial charge on any atom is 0.188 e. The Labute approximate surface area is 129 Å². The molecule has 4 nitrogen and oxygen atoms in total. The predicted octanol–water partition coefficient (Wildman–Crippen LogP) is 3.47. The molecule has 2 aromatic rings. The molecule has 1 atom stereocenters. The third kappa shape index (κ3) is 4.04. The van der Waals surface area contributed by atoms with Crippen molar-refractivity contribution in [2.24, 2.45) is 0 Å². The fourth-order valence-corrected chi connectivity index (χ4v) is 2.90. The van der Waals surface area contributed by atoms with Gasteiger partial charge >= 0.3 is 0 Å². The van der Waals surface area contributed by atoms with Crippen molar-refractivity contribution in [1.82, 2.24) is 9.97 Å². The van der Waals surface area contributed by atoms with Gasteiger partial charge in [0, 0.05) is 17.0 Å². The first-order valence-corrected chi connectivity index (χ1v) is 7.55. The number of thioether (sulfide) groups is 1. The molecule has 0 aliphatic heterocycles. The van der Waals surface area contributed by atoms with Crippen LogP contribution in [0.2, 0.25) is 0 Å². The average Bonchev–Trinajstić information content (AvgIpc) is 2.45. The van der Waals surface area contributed by atoms with E-state index in [4.69, 9.17) is 4.74 Å². The Hall–Kier alpha value is -1.88. The van der Waals surface area contributed by atoms with Crippen molar-refractivity contribution in [3.05, 3.63) is 47.3 Å². The number of rotatable bonds is 5. The minimum absolute atomic E-state index is 0.0606. The van der Waals surface area contributed by atoms with E-state index in [0.717, 1.165) is 17.1 Å². The lowest BCUT2D eigenvalue weighted by molar-refractivity contribution is 0.0994. The molecule has 0 radical (unpaired) electrons. The van der Waals surface area contributed by atoms with Gasteiger partial charge in [-0.05, 0) is 51.1 Å². The molecule has 0 spiro atoms. The first-order chi connectivity index (χ1) is 9.99.